The van der Waals surface area contributed by atoms with Crippen LogP contribution in [0.15, 0.2) is 24.8 Å². The van der Waals surface area contributed by atoms with Crippen molar-refractivity contribution >= 4 is 8.25 Å². The maximum absolute atomic E-state index is 11.0. The second-order valence-corrected chi connectivity index (χ2v) is 4.51. The standard InChI is InChI=1S/C11H17O3P/c1-5-9-13-15(12)14-10-7-8-11(3,4)6-2/h2,5,7-8,15H,1,9-10H2,3-4H3. The van der Waals surface area contributed by atoms with Crippen molar-refractivity contribution in [1.29, 1.82) is 0 Å². The SMILES string of the molecule is C#CC(C)(C)C=CCO[PH](=O)OCC=C. The van der Waals surface area contributed by atoms with Crippen LogP contribution in [0.5, 0.6) is 0 Å². The van der Waals surface area contributed by atoms with Crippen LogP contribution in [0.4, 0.5) is 0 Å². The van der Waals surface area contributed by atoms with Gasteiger partial charge in [-0.15, -0.1) is 13.0 Å². The molecule has 84 valence electrons. The van der Waals surface area contributed by atoms with Crippen molar-refractivity contribution in [2.75, 3.05) is 13.2 Å². The summed E-state index contributed by atoms with van der Waals surface area (Å²) in [5.74, 6) is 2.61. The van der Waals surface area contributed by atoms with Gasteiger partial charge in [-0.05, 0) is 13.8 Å². The van der Waals surface area contributed by atoms with Crippen LogP contribution in [0.25, 0.3) is 0 Å². The van der Waals surface area contributed by atoms with Crippen molar-refractivity contribution in [3.63, 3.8) is 0 Å². The quantitative estimate of drug-likeness (QED) is 0.382. The third-order valence-electron chi connectivity index (χ3n) is 1.52. The fourth-order valence-corrected chi connectivity index (χ4v) is 1.25. The van der Waals surface area contributed by atoms with Gasteiger partial charge >= 0.3 is 8.25 Å². The van der Waals surface area contributed by atoms with Gasteiger partial charge in [-0.1, -0.05) is 24.1 Å². The van der Waals surface area contributed by atoms with Gasteiger partial charge in [-0.2, -0.15) is 0 Å². The molecule has 0 saturated carbocycles. The summed E-state index contributed by atoms with van der Waals surface area (Å²) < 4.78 is 20.7. The molecule has 0 rings (SSSR count). The van der Waals surface area contributed by atoms with Crippen molar-refractivity contribution in [2.24, 2.45) is 5.41 Å². The molecule has 0 saturated heterocycles. The lowest BCUT2D eigenvalue weighted by Crippen LogP contribution is -2.02. The van der Waals surface area contributed by atoms with Gasteiger partial charge in [0.25, 0.3) is 0 Å². The van der Waals surface area contributed by atoms with Gasteiger partial charge in [0.05, 0.1) is 13.2 Å². The summed E-state index contributed by atoms with van der Waals surface area (Å²) >= 11 is 0. The molecule has 0 bridgehead atoms. The molecule has 0 aliphatic heterocycles. The van der Waals surface area contributed by atoms with Gasteiger partial charge in [0.2, 0.25) is 0 Å². The molecule has 3 nitrogen and oxygen atoms in total. The summed E-state index contributed by atoms with van der Waals surface area (Å²) in [5.41, 5.74) is -0.304. The Bertz CT molecular complexity index is 287. The first-order valence-corrected chi connectivity index (χ1v) is 5.80. The van der Waals surface area contributed by atoms with Crippen LogP contribution >= 0.6 is 8.25 Å². The molecule has 15 heavy (non-hydrogen) atoms. The predicted molar refractivity (Wildman–Crippen MR) is 62.9 cm³/mol. The van der Waals surface area contributed by atoms with Gasteiger partial charge in [-0.25, -0.2) is 0 Å². The van der Waals surface area contributed by atoms with E-state index in [1.807, 2.05) is 19.9 Å². The van der Waals surface area contributed by atoms with Crippen LogP contribution in [0, 0.1) is 17.8 Å². The topological polar surface area (TPSA) is 35.5 Å². The molecule has 0 aromatic rings. The lowest BCUT2D eigenvalue weighted by atomic mass is 9.95. The fraction of sp³-hybridized carbons (Fsp3) is 0.455. The summed E-state index contributed by atoms with van der Waals surface area (Å²) in [6.07, 6.45) is 10.4. The molecule has 0 fully saturated rings. The third-order valence-corrected chi connectivity index (χ3v) is 2.33. The lowest BCUT2D eigenvalue weighted by molar-refractivity contribution is 0.260. The smallest absolute Gasteiger partial charge is 0.306 e. The minimum Gasteiger partial charge on any atom is -0.306 e. The van der Waals surface area contributed by atoms with Crippen molar-refractivity contribution in [3.05, 3.63) is 24.8 Å². The molecular weight excluding hydrogens is 211 g/mol. The van der Waals surface area contributed by atoms with Gasteiger partial charge in [0.15, 0.2) is 0 Å². The Labute approximate surface area is 92.1 Å². The summed E-state index contributed by atoms with van der Waals surface area (Å²) in [6.45, 7) is 7.71. The highest BCUT2D eigenvalue weighted by molar-refractivity contribution is 7.33. The van der Waals surface area contributed by atoms with E-state index >= 15 is 0 Å². The van der Waals surface area contributed by atoms with E-state index in [0.29, 0.717) is 0 Å². The zero-order chi connectivity index (χ0) is 11.7. The largest absolute Gasteiger partial charge is 0.319 e. The first-order chi connectivity index (χ1) is 7.02. The second-order valence-electron chi connectivity index (χ2n) is 3.43. The Morgan fingerprint density at radius 1 is 1.47 bits per heavy atom. The Morgan fingerprint density at radius 3 is 2.60 bits per heavy atom. The van der Waals surface area contributed by atoms with Gasteiger partial charge in [0.1, 0.15) is 0 Å². The number of hydrogen-bond donors (Lipinski definition) is 0. The Kier molecular flexibility index (Phi) is 7.07. The first-order valence-electron chi connectivity index (χ1n) is 4.58. The van der Waals surface area contributed by atoms with Gasteiger partial charge in [-0.3, -0.25) is 4.57 Å². The molecule has 0 N–H and O–H groups in total. The number of terminal acetylenes is 1. The summed E-state index contributed by atoms with van der Waals surface area (Å²) in [4.78, 5) is 0. The zero-order valence-corrected chi connectivity index (χ0v) is 10.2. The molecule has 0 aromatic heterocycles. The predicted octanol–water partition coefficient (Wildman–Crippen LogP) is 2.81. The van der Waals surface area contributed by atoms with E-state index in [0.717, 1.165) is 0 Å². The van der Waals surface area contributed by atoms with Crippen LogP contribution in [-0.4, -0.2) is 13.2 Å². The molecule has 0 amide bonds. The Hall–Kier alpha value is -0.810. The van der Waals surface area contributed by atoms with E-state index in [-0.39, 0.29) is 18.6 Å². The van der Waals surface area contributed by atoms with E-state index in [1.54, 1.807) is 6.08 Å². The molecule has 0 spiro atoms. The van der Waals surface area contributed by atoms with Crippen molar-refractivity contribution in [3.8, 4) is 12.3 Å². The average Bonchev–Trinajstić information content (AvgIpc) is 2.21. The molecule has 0 aliphatic carbocycles. The van der Waals surface area contributed by atoms with Gasteiger partial charge in [0, 0.05) is 5.41 Å². The Balaban J connectivity index is 3.75. The average molecular weight is 228 g/mol. The van der Waals surface area contributed by atoms with Crippen molar-refractivity contribution < 1.29 is 13.6 Å². The Morgan fingerprint density at radius 2 is 2.07 bits per heavy atom. The monoisotopic (exact) mass is 228 g/mol. The normalized spacial score (nSPS) is 13.7. The lowest BCUT2D eigenvalue weighted by Gasteiger charge is -2.10. The van der Waals surface area contributed by atoms with E-state index in [4.69, 9.17) is 15.5 Å². The van der Waals surface area contributed by atoms with Crippen LogP contribution in [0.1, 0.15) is 13.8 Å². The van der Waals surface area contributed by atoms with Crippen molar-refractivity contribution in [1.82, 2.24) is 0 Å². The maximum Gasteiger partial charge on any atom is 0.319 e. The zero-order valence-electron chi connectivity index (χ0n) is 9.16. The first kappa shape index (κ1) is 14.2. The van der Waals surface area contributed by atoms with E-state index in [2.05, 4.69) is 12.5 Å². The van der Waals surface area contributed by atoms with E-state index < -0.39 is 8.25 Å². The highest BCUT2D eigenvalue weighted by atomic mass is 31.1. The number of allylic oxidation sites excluding steroid dienone is 1. The minimum atomic E-state index is -2.40. The maximum atomic E-state index is 11.0. The molecule has 1 unspecified atom stereocenters. The summed E-state index contributed by atoms with van der Waals surface area (Å²) in [6, 6.07) is 0. The highest BCUT2D eigenvalue weighted by Gasteiger charge is 2.07. The van der Waals surface area contributed by atoms with Crippen molar-refractivity contribution in [2.45, 2.75) is 13.8 Å². The van der Waals surface area contributed by atoms with Crippen LogP contribution in [-0.2, 0) is 13.6 Å². The molecule has 4 heteroatoms. The molecule has 1 atom stereocenters. The molecule has 0 radical (unpaired) electrons. The minimum absolute atomic E-state index is 0.233. The fourth-order valence-electron chi connectivity index (χ4n) is 0.676. The molecule has 0 aromatic carbocycles. The third kappa shape index (κ3) is 8.20. The van der Waals surface area contributed by atoms with E-state index in [9.17, 15) is 4.57 Å². The second kappa shape index (κ2) is 7.48. The summed E-state index contributed by atoms with van der Waals surface area (Å²) in [7, 11) is -2.40. The van der Waals surface area contributed by atoms with Crippen LogP contribution in [0.3, 0.4) is 0 Å². The molecular formula is C11H17O3P. The van der Waals surface area contributed by atoms with E-state index in [1.165, 1.54) is 6.08 Å². The van der Waals surface area contributed by atoms with Gasteiger partial charge < -0.3 is 9.05 Å². The number of rotatable bonds is 7. The van der Waals surface area contributed by atoms with Crippen LogP contribution < -0.4 is 0 Å². The summed E-state index contributed by atoms with van der Waals surface area (Å²) in [5, 5.41) is 0. The molecule has 0 heterocycles. The number of hydrogen-bond acceptors (Lipinski definition) is 3. The molecule has 0 aliphatic rings. The van der Waals surface area contributed by atoms with Crippen LogP contribution in [0.2, 0.25) is 0 Å². The highest BCUT2D eigenvalue weighted by Crippen LogP contribution is 2.23.